The minimum atomic E-state index is -0.259. The van der Waals surface area contributed by atoms with Crippen LogP contribution < -0.4 is 9.64 Å². The van der Waals surface area contributed by atoms with E-state index in [1.807, 2.05) is 18.9 Å². The monoisotopic (exact) mass is 237 g/mol. The molecule has 5 heteroatoms. The first-order valence-electron chi connectivity index (χ1n) is 6.04. The van der Waals surface area contributed by atoms with Crippen molar-refractivity contribution in [2.24, 2.45) is 5.92 Å². The molecule has 0 amide bonds. The topological polar surface area (TPSA) is 58.5 Å². The van der Waals surface area contributed by atoms with Gasteiger partial charge in [-0.2, -0.15) is 0 Å². The average molecular weight is 237 g/mol. The molecule has 17 heavy (non-hydrogen) atoms. The van der Waals surface area contributed by atoms with Gasteiger partial charge >= 0.3 is 0 Å². The molecule has 0 spiro atoms. The molecule has 1 heterocycles. The Morgan fingerprint density at radius 2 is 2.29 bits per heavy atom. The second-order valence-corrected chi connectivity index (χ2v) is 4.43. The number of hydrogen-bond acceptors (Lipinski definition) is 5. The van der Waals surface area contributed by atoms with Gasteiger partial charge in [0.25, 0.3) is 0 Å². The smallest absolute Gasteiger partial charge is 0.218 e. The lowest BCUT2D eigenvalue weighted by atomic mass is 10.2. The van der Waals surface area contributed by atoms with E-state index in [4.69, 9.17) is 4.74 Å². The Hall–Kier alpha value is -1.36. The zero-order valence-electron chi connectivity index (χ0n) is 10.3. The number of ether oxygens (including phenoxy) is 1. The minimum absolute atomic E-state index is 0.259. The molecule has 0 saturated heterocycles. The third-order valence-corrected chi connectivity index (χ3v) is 2.94. The third-order valence-electron chi connectivity index (χ3n) is 2.94. The molecule has 1 saturated carbocycles. The van der Waals surface area contributed by atoms with E-state index in [2.05, 4.69) is 9.97 Å². The van der Waals surface area contributed by atoms with Crippen molar-refractivity contribution in [1.29, 1.82) is 0 Å². The normalized spacial score (nSPS) is 16.6. The molecule has 0 aliphatic heterocycles. The summed E-state index contributed by atoms with van der Waals surface area (Å²) in [4.78, 5) is 10.1. The molecule has 94 valence electrons. The number of rotatable bonds is 6. The van der Waals surface area contributed by atoms with Crippen LogP contribution in [0.5, 0.6) is 5.88 Å². The SMILES string of the molecule is CCOc1cc(N(C)C[C@@H](O)C2CC2)ncn1. The van der Waals surface area contributed by atoms with Gasteiger partial charge in [-0.15, -0.1) is 0 Å². The summed E-state index contributed by atoms with van der Waals surface area (Å²) in [6, 6.07) is 1.79. The van der Waals surface area contributed by atoms with Gasteiger partial charge in [0, 0.05) is 19.7 Å². The number of nitrogens with zero attached hydrogens (tertiary/aromatic N) is 3. The highest BCUT2D eigenvalue weighted by Crippen LogP contribution is 2.33. The molecule has 1 fully saturated rings. The molecule has 1 N–H and O–H groups in total. The summed E-state index contributed by atoms with van der Waals surface area (Å²) in [6.45, 7) is 3.11. The van der Waals surface area contributed by atoms with Crippen LogP contribution in [0.15, 0.2) is 12.4 Å². The first kappa shape index (κ1) is 12.1. The van der Waals surface area contributed by atoms with Crippen molar-refractivity contribution in [2.45, 2.75) is 25.9 Å². The molecule has 1 aromatic heterocycles. The first-order valence-corrected chi connectivity index (χ1v) is 6.04. The largest absolute Gasteiger partial charge is 0.478 e. The zero-order valence-corrected chi connectivity index (χ0v) is 10.3. The summed E-state index contributed by atoms with van der Waals surface area (Å²) in [5.74, 6) is 1.83. The molecule has 1 aliphatic carbocycles. The second kappa shape index (κ2) is 5.31. The molecule has 0 unspecified atom stereocenters. The Labute approximate surface area is 101 Å². The fourth-order valence-corrected chi connectivity index (χ4v) is 1.77. The summed E-state index contributed by atoms with van der Waals surface area (Å²) in [5, 5.41) is 9.88. The van der Waals surface area contributed by atoms with Gasteiger partial charge < -0.3 is 14.7 Å². The summed E-state index contributed by atoms with van der Waals surface area (Å²) < 4.78 is 5.32. The maximum absolute atomic E-state index is 9.88. The maximum Gasteiger partial charge on any atom is 0.218 e. The van der Waals surface area contributed by atoms with Gasteiger partial charge in [-0.3, -0.25) is 0 Å². The molecule has 1 aromatic rings. The highest BCUT2D eigenvalue weighted by Gasteiger charge is 2.30. The first-order chi connectivity index (χ1) is 8.20. The lowest BCUT2D eigenvalue weighted by molar-refractivity contribution is 0.158. The summed E-state index contributed by atoms with van der Waals surface area (Å²) in [7, 11) is 1.92. The van der Waals surface area contributed by atoms with Crippen LogP contribution >= 0.6 is 0 Å². The quantitative estimate of drug-likeness (QED) is 0.802. The molecule has 1 aliphatic rings. The van der Waals surface area contributed by atoms with E-state index >= 15 is 0 Å². The lowest BCUT2D eigenvalue weighted by Gasteiger charge is -2.21. The van der Waals surface area contributed by atoms with E-state index in [0.717, 1.165) is 18.7 Å². The van der Waals surface area contributed by atoms with Crippen molar-refractivity contribution in [3.8, 4) is 5.88 Å². The summed E-state index contributed by atoms with van der Waals surface area (Å²) in [6.07, 6.45) is 3.51. The molecule has 2 rings (SSSR count). The Morgan fingerprint density at radius 3 is 2.94 bits per heavy atom. The van der Waals surface area contributed by atoms with Crippen LogP contribution in [0.2, 0.25) is 0 Å². The average Bonchev–Trinajstić information content (AvgIpc) is 3.13. The van der Waals surface area contributed by atoms with Gasteiger partial charge in [0.1, 0.15) is 12.1 Å². The number of hydrogen-bond donors (Lipinski definition) is 1. The number of aliphatic hydroxyl groups is 1. The molecular weight excluding hydrogens is 218 g/mol. The highest BCUT2D eigenvalue weighted by atomic mass is 16.5. The molecular formula is C12H19N3O2. The van der Waals surface area contributed by atoms with E-state index in [1.54, 1.807) is 6.07 Å². The zero-order chi connectivity index (χ0) is 12.3. The van der Waals surface area contributed by atoms with Crippen molar-refractivity contribution in [3.05, 3.63) is 12.4 Å². The van der Waals surface area contributed by atoms with Crippen molar-refractivity contribution in [3.63, 3.8) is 0 Å². The molecule has 5 nitrogen and oxygen atoms in total. The Balaban J connectivity index is 1.96. The third kappa shape index (κ3) is 3.30. The van der Waals surface area contributed by atoms with Crippen molar-refractivity contribution in [2.75, 3.05) is 25.1 Å². The van der Waals surface area contributed by atoms with Gasteiger partial charge in [0.15, 0.2) is 0 Å². The Morgan fingerprint density at radius 1 is 1.53 bits per heavy atom. The summed E-state index contributed by atoms with van der Waals surface area (Å²) in [5.41, 5.74) is 0. The van der Waals surface area contributed by atoms with Crippen LogP contribution in [0, 0.1) is 5.92 Å². The van der Waals surface area contributed by atoms with Crippen LogP contribution in [0.25, 0.3) is 0 Å². The van der Waals surface area contributed by atoms with Crippen molar-refractivity contribution < 1.29 is 9.84 Å². The predicted octanol–water partition coefficient (Wildman–Crippen LogP) is 1.08. The van der Waals surface area contributed by atoms with Crippen LogP contribution in [0.4, 0.5) is 5.82 Å². The molecule has 0 radical (unpaired) electrons. The van der Waals surface area contributed by atoms with Crippen molar-refractivity contribution in [1.82, 2.24) is 9.97 Å². The fourth-order valence-electron chi connectivity index (χ4n) is 1.77. The minimum Gasteiger partial charge on any atom is -0.478 e. The second-order valence-electron chi connectivity index (χ2n) is 4.43. The Kier molecular flexibility index (Phi) is 3.78. The molecule has 0 bridgehead atoms. The standard InChI is InChI=1S/C12H19N3O2/c1-3-17-12-6-11(13-8-14-12)15(2)7-10(16)9-4-5-9/h6,8-10,16H,3-5,7H2,1-2H3/t10-/m1/s1. The highest BCUT2D eigenvalue weighted by molar-refractivity contribution is 5.39. The van der Waals surface area contributed by atoms with E-state index in [-0.39, 0.29) is 6.10 Å². The van der Waals surface area contributed by atoms with Crippen LogP contribution in [-0.4, -0.2) is 41.4 Å². The van der Waals surface area contributed by atoms with Gasteiger partial charge in [-0.1, -0.05) is 0 Å². The van der Waals surface area contributed by atoms with E-state index in [9.17, 15) is 5.11 Å². The van der Waals surface area contributed by atoms with Gasteiger partial charge in [0.2, 0.25) is 5.88 Å². The van der Waals surface area contributed by atoms with E-state index < -0.39 is 0 Å². The van der Waals surface area contributed by atoms with Crippen LogP contribution in [0.1, 0.15) is 19.8 Å². The fraction of sp³-hybridized carbons (Fsp3) is 0.667. The van der Waals surface area contributed by atoms with Gasteiger partial charge in [0.05, 0.1) is 12.7 Å². The number of anilines is 1. The summed E-state index contributed by atoms with van der Waals surface area (Å²) >= 11 is 0. The van der Waals surface area contributed by atoms with Gasteiger partial charge in [-0.25, -0.2) is 9.97 Å². The predicted molar refractivity (Wildman–Crippen MR) is 65.2 cm³/mol. The lowest BCUT2D eigenvalue weighted by Crippen LogP contribution is -2.30. The maximum atomic E-state index is 9.88. The van der Waals surface area contributed by atoms with Gasteiger partial charge in [-0.05, 0) is 25.7 Å². The molecule has 0 aromatic carbocycles. The van der Waals surface area contributed by atoms with E-state index in [0.29, 0.717) is 24.9 Å². The van der Waals surface area contributed by atoms with E-state index in [1.165, 1.54) is 6.33 Å². The van der Waals surface area contributed by atoms with Crippen molar-refractivity contribution >= 4 is 5.82 Å². The Bertz CT molecular complexity index is 369. The number of aliphatic hydroxyl groups excluding tert-OH is 1. The van der Waals surface area contributed by atoms with Crippen LogP contribution in [0.3, 0.4) is 0 Å². The number of aromatic nitrogens is 2. The van der Waals surface area contributed by atoms with Crippen LogP contribution in [-0.2, 0) is 0 Å². The molecule has 1 atom stereocenters. The number of likely N-dealkylation sites (N-methyl/N-ethyl adjacent to an activating group) is 1.